The highest BCUT2D eigenvalue weighted by atomic mass is 28.1. The molecule has 0 heterocycles. The molecule has 0 bridgehead atoms. The van der Waals surface area contributed by atoms with Gasteiger partial charge in [-0.15, -0.1) is 0 Å². The zero-order valence-corrected chi connectivity index (χ0v) is 9.16. The van der Waals surface area contributed by atoms with Gasteiger partial charge < -0.3 is 30.3 Å². The van der Waals surface area contributed by atoms with E-state index < -0.39 is 30.1 Å². The van der Waals surface area contributed by atoms with E-state index in [-0.39, 0.29) is 16.5 Å². The van der Waals surface area contributed by atoms with Crippen LogP contribution in [0.25, 0.3) is 0 Å². The highest BCUT2D eigenvalue weighted by Crippen LogP contribution is 2.13. The second kappa shape index (κ2) is 4.79. The number of carbonyl (C=O) groups excluding carboxylic acids is 1. The Morgan fingerprint density at radius 2 is 1.85 bits per heavy atom. The number of aliphatic hydroxyl groups excluding tert-OH is 4. The van der Waals surface area contributed by atoms with Crippen LogP contribution < -0.4 is 0 Å². The molecule has 0 fully saturated rings. The van der Waals surface area contributed by atoms with Gasteiger partial charge in [-0.25, -0.2) is 0 Å². The summed E-state index contributed by atoms with van der Waals surface area (Å²) in [5.74, 6) is 0. The molecule has 0 saturated carbocycles. The van der Waals surface area contributed by atoms with Crippen molar-refractivity contribution in [2.24, 2.45) is 0 Å². The van der Waals surface area contributed by atoms with E-state index in [9.17, 15) is 15.0 Å². The Bertz CT molecular complexity index is 173. The van der Waals surface area contributed by atoms with Gasteiger partial charge >= 0.3 is 0 Å². The molecular weight excluding hydrogens is 196 g/mol. The number of aldehydes is 1. The van der Waals surface area contributed by atoms with Crippen LogP contribution in [0.3, 0.4) is 0 Å². The van der Waals surface area contributed by atoms with Crippen molar-refractivity contribution in [3.8, 4) is 0 Å². The lowest BCUT2D eigenvalue weighted by Gasteiger charge is -2.33. The summed E-state index contributed by atoms with van der Waals surface area (Å²) in [4.78, 5) is 10.1. The van der Waals surface area contributed by atoms with Crippen molar-refractivity contribution in [1.82, 2.24) is 0 Å². The van der Waals surface area contributed by atoms with Crippen molar-refractivity contribution in [1.29, 1.82) is 0 Å². The SMILES string of the molecule is O=C[C@H](O)[C@](O)([SiH3])[C@@H](O)[C@H](O)CO. The maximum Gasteiger partial charge on any atom is 0.151 e. The van der Waals surface area contributed by atoms with Crippen LogP contribution in [0.1, 0.15) is 0 Å². The van der Waals surface area contributed by atoms with Gasteiger partial charge in [0.25, 0.3) is 0 Å². The maximum atomic E-state index is 10.1. The molecular formula is C6H14O6Si. The molecule has 0 aromatic carbocycles. The van der Waals surface area contributed by atoms with Crippen LogP contribution in [0, 0.1) is 0 Å². The standard InChI is InChI=1S/C6H14O6Si/c7-1-3(9)5(11)6(12,13)4(10)2-8/h2-5,7,9-12H,1H2,13H3/t3-,4+,5+,6+/m1/s1. The summed E-state index contributed by atoms with van der Waals surface area (Å²) in [7, 11) is -0.119. The van der Waals surface area contributed by atoms with Gasteiger partial charge in [-0.2, -0.15) is 0 Å². The molecule has 5 N–H and O–H groups in total. The number of hydrogen-bond acceptors (Lipinski definition) is 6. The molecule has 0 aliphatic carbocycles. The molecule has 4 atom stereocenters. The minimum absolute atomic E-state index is 0.0698. The highest BCUT2D eigenvalue weighted by Gasteiger charge is 2.41. The number of aliphatic hydroxyl groups is 5. The summed E-state index contributed by atoms with van der Waals surface area (Å²) in [6.07, 6.45) is -4.99. The topological polar surface area (TPSA) is 118 Å². The van der Waals surface area contributed by atoms with Crippen molar-refractivity contribution in [3.05, 3.63) is 0 Å². The third-order valence-corrected chi connectivity index (χ3v) is 3.06. The van der Waals surface area contributed by atoms with Crippen molar-refractivity contribution < 1.29 is 30.3 Å². The van der Waals surface area contributed by atoms with Crippen LogP contribution in [0.4, 0.5) is 0 Å². The summed E-state index contributed by atoms with van der Waals surface area (Å²) in [6, 6.07) is 0. The van der Waals surface area contributed by atoms with Crippen molar-refractivity contribution in [3.63, 3.8) is 0 Å². The van der Waals surface area contributed by atoms with Crippen molar-refractivity contribution >= 4 is 16.5 Å². The molecule has 0 aliphatic heterocycles. The van der Waals surface area contributed by atoms with Crippen LogP contribution in [-0.4, -0.2) is 72.2 Å². The van der Waals surface area contributed by atoms with Crippen LogP contribution in [0.2, 0.25) is 0 Å². The van der Waals surface area contributed by atoms with E-state index in [1.165, 1.54) is 0 Å². The first-order chi connectivity index (χ1) is 5.87. The number of carbonyl (C=O) groups is 1. The first-order valence-electron chi connectivity index (χ1n) is 3.70. The molecule has 0 rings (SSSR count). The molecule has 6 nitrogen and oxygen atoms in total. The Kier molecular flexibility index (Phi) is 4.68. The summed E-state index contributed by atoms with van der Waals surface area (Å²) < 4.78 is 0. The predicted molar refractivity (Wildman–Crippen MR) is 46.1 cm³/mol. The molecule has 0 aliphatic rings. The summed E-state index contributed by atoms with van der Waals surface area (Å²) in [6.45, 7) is -0.753. The number of hydrogen-bond donors (Lipinski definition) is 5. The Morgan fingerprint density at radius 1 is 1.38 bits per heavy atom. The van der Waals surface area contributed by atoms with Crippen LogP contribution >= 0.6 is 0 Å². The minimum Gasteiger partial charge on any atom is -0.394 e. The van der Waals surface area contributed by atoms with E-state index in [0.717, 1.165) is 0 Å². The van der Waals surface area contributed by atoms with E-state index in [4.69, 9.17) is 15.3 Å². The third kappa shape index (κ3) is 2.83. The Labute approximate surface area is 77.9 Å². The zero-order chi connectivity index (χ0) is 10.6. The quantitative estimate of drug-likeness (QED) is 0.230. The molecule has 0 amide bonds. The van der Waals surface area contributed by atoms with E-state index in [0.29, 0.717) is 0 Å². The lowest BCUT2D eigenvalue weighted by atomic mass is 10.0. The van der Waals surface area contributed by atoms with Crippen LogP contribution in [0.15, 0.2) is 0 Å². The summed E-state index contributed by atoms with van der Waals surface area (Å²) >= 11 is 0. The Balaban J connectivity index is 4.51. The Hall–Kier alpha value is -0.313. The fourth-order valence-corrected chi connectivity index (χ4v) is 1.32. The van der Waals surface area contributed by atoms with Gasteiger partial charge in [-0.05, 0) is 0 Å². The van der Waals surface area contributed by atoms with Gasteiger partial charge in [0.05, 0.1) is 16.8 Å². The largest absolute Gasteiger partial charge is 0.394 e. The molecule has 13 heavy (non-hydrogen) atoms. The van der Waals surface area contributed by atoms with Gasteiger partial charge in [0.1, 0.15) is 23.5 Å². The first kappa shape index (κ1) is 12.7. The zero-order valence-electron chi connectivity index (χ0n) is 7.16. The first-order valence-corrected chi connectivity index (χ1v) is 4.70. The predicted octanol–water partition coefficient (Wildman–Crippen LogP) is -4.69. The number of rotatable bonds is 5. The van der Waals surface area contributed by atoms with Crippen molar-refractivity contribution in [2.75, 3.05) is 6.61 Å². The molecule has 0 unspecified atom stereocenters. The van der Waals surface area contributed by atoms with Crippen LogP contribution in [0.5, 0.6) is 0 Å². The molecule has 0 radical (unpaired) electrons. The van der Waals surface area contributed by atoms with Gasteiger partial charge in [-0.1, -0.05) is 0 Å². The second-order valence-corrected chi connectivity index (χ2v) is 4.60. The van der Waals surface area contributed by atoms with E-state index in [2.05, 4.69) is 0 Å². The fourth-order valence-electron chi connectivity index (χ4n) is 0.802. The van der Waals surface area contributed by atoms with Crippen LogP contribution in [-0.2, 0) is 4.79 Å². The molecule has 78 valence electrons. The van der Waals surface area contributed by atoms with E-state index in [1.54, 1.807) is 0 Å². The molecule has 0 aromatic heterocycles. The lowest BCUT2D eigenvalue weighted by Crippen LogP contribution is -2.58. The normalized spacial score (nSPS) is 23.2. The maximum absolute atomic E-state index is 10.1. The van der Waals surface area contributed by atoms with Gasteiger partial charge in [-0.3, -0.25) is 0 Å². The van der Waals surface area contributed by atoms with E-state index in [1.807, 2.05) is 0 Å². The Morgan fingerprint density at radius 3 is 2.15 bits per heavy atom. The highest BCUT2D eigenvalue weighted by molar-refractivity contribution is 6.16. The lowest BCUT2D eigenvalue weighted by molar-refractivity contribution is -0.149. The van der Waals surface area contributed by atoms with Gasteiger partial charge in [0.2, 0.25) is 0 Å². The van der Waals surface area contributed by atoms with E-state index >= 15 is 0 Å². The molecule has 0 saturated heterocycles. The molecule has 7 heteroatoms. The van der Waals surface area contributed by atoms with Gasteiger partial charge in [0.15, 0.2) is 6.29 Å². The second-order valence-electron chi connectivity index (χ2n) is 3.00. The minimum atomic E-state index is -2.04. The van der Waals surface area contributed by atoms with Gasteiger partial charge in [0, 0.05) is 0 Å². The summed E-state index contributed by atoms with van der Waals surface area (Å²) in [5.41, 5.74) is 0. The average Bonchev–Trinajstić information content (AvgIpc) is 2.13. The van der Waals surface area contributed by atoms with Crippen molar-refractivity contribution in [2.45, 2.75) is 23.5 Å². The monoisotopic (exact) mass is 210 g/mol. The third-order valence-electron chi connectivity index (χ3n) is 1.88. The average molecular weight is 210 g/mol. The fraction of sp³-hybridized carbons (Fsp3) is 0.833. The smallest absolute Gasteiger partial charge is 0.151 e. The summed E-state index contributed by atoms with van der Waals surface area (Å²) in [5, 5.41) is 42.9. The molecule has 0 aromatic rings. The molecule has 0 spiro atoms.